The van der Waals surface area contributed by atoms with Gasteiger partial charge in [0.2, 0.25) is 5.91 Å². The summed E-state index contributed by atoms with van der Waals surface area (Å²) < 4.78 is 5.67. The molecule has 1 unspecified atom stereocenters. The van der Waals surface area contributed by atoms with Gasteiger partial charge in [0, 0.05) is 0 Å². The van der Waals surface area contributed by atoms with Crippen LogP contribution < -0.4 is 11.3 Å². The van der Waals surface area contributed by atoms with E-state index >= 15 is 0 Å². The van der Waals surface area contributed by atoms with Crippen molar-refractivity contribution in [2.45, 2.75) is 39.4 Å². The van der Waals surface area contributed by atoms with E-state index in [1.165, 1.54) is 0 Å². The minimum absolute atomic E-state index is 0.194. The fourth-order valence-electron chi connectivity index (χ4n) is 1.44. The molecule has 0 saturated carbocycles. The third-order valence-electron chi connectivity index (χ3n) is 2.73. The predicted molar refractivity (Wildman–Crippen MR) is 67.0 cm³/mol. The van der Waals surface area contributed by atoms with Gasteiger partial charge in [-0.1, -0.05) is 31.2 Å². The summed E-state index contributed by atoms with van der Waals surface area (Å²) in [5.74, 6) is 4.89. The lowest BCUT2D eigenvalue weighted by molar-refractivity contribution is -0.120. The number of carbonyl (C=O) groups is 1. The van der Waals surface area contributed by atoms with Gasteiger partial charge in [-0.15, -0.1) is 0 Å². The van der Waals surface area contributed by atoms with Gasteiger partial charge < -0.3 is 4.74 Å². The summed E-state index contributed by atoms with van der Waals surface area (Å²) in [6.45, 7) is 4.65. The Balaban J connectivity index is 2.67. The molecular formula is C13H20N2O2. The Morgan fingerprint density at radius 1 is 1.41 bits per heavy atom. The molecule has 1 rings (SSSR count). The van der Waals surface area contributed by atoms with Crippen molar-refractivity contribution in [3.05, 3.63) is 35.4 Å². The molecule has 1 aromatic carbocycles. The molecule has 0 saturated heterocycles. The maximum atomic E-state index is 11.3. The average Bonchev–Trinajstić information content (AvgIpc) is 2.37. The van der Waals surface area contributed by atoms with Gasteiger partial charge in [0.25, 0.3) is 0 Å². The maximum Gasteiger partial charge on any atom is 0.238 e. The van der Waals surface area contributed by atoms with Crippen LogP contribution in [0.1, 0.15) is 31.4 Å². The zero-order chi connectivity index (χ0) is 12.7. The molecule has 0 aliphatic heterocycles. The highest BCUT2D eigenvalue weighted by Crippen LogP contribution is 2.12. The number of nitrogens with one attached hydrogen (secondary N) is 1. The third-order valence-corrected chi connectivity index (χ3v) is 2.73. The number of hydrogen-bond donors (Lipinski definition) is 2. The van der Waals surface area contributed by atoms with Crippen molar-refractivity contribution in [2.24, 2.45) is 5.84 Å². The number of benzene rings is 1. The zero-order valence-corrected chi connectivity index (χ0v) is 10.4. The summed E-state index contributed by atoms with van der Waals surface area (Å²) >= 11 is 0. The molecule has 1 amide bonds. The highest BCUT2D eigenvalue weighted by Gasteiger charge is 2.07. The van der Waals surface area contributed by atoms with Crippen molar-refractivity contribution >= 4 is 5.91 Å². The molecule has 4 heteroatoms. The topological polar surface area (TPSA) is 64.3 Å². The molecule has 0 radical (unpaired) electrons. The van der Waals surface area contributed by atoms with E-state index in [9.17, 15) is 4.79 Å². The number of hydrogen-bond acceptors (Lipinski definition) is 3. The van der Waals surface area contributed by atoms with Crippen LogP contribution in [0.15, 0.2) is 24.3 Å². The van der Waals surface area contributed by atoms with Crippen molar-refractivity contribution in [1.29, 1.82) is 0 Å². The highest BCUT2D eigenvalue weighted by atomic mass is 16.5. The van der Waals surface area contributed by atoms with Crippen LogP contribution in [0.25, 0.3) is 0 Å². The summed E-state index contributed by atoms with van der Waals surface area (Å²) in [6, 6.07) is 7.75. The average molecular weight is 236 g/mol. The first-order chi connectivity index (χ1) is 8.17. The smallest absolute Gasteiger partial charge is 0.238 e. The van der Waals surface area contributed by atoms with E-state index in [0.29, 0.717) is 6.61 Å². The zero-order valence-electron chi connectivity index (χ0n) is 10.4. The first kappa shape index (κ1) is 13.7. The summed E-state index contributed by atoms with van der Waals surface area (Å²) in [4.78, 5) is 11.3. The maximum absolute atomic E-state index is 11.3. The van der Waals surface area contributed by atoms with E-state index < -0.39 is 0 Å². The third kappa shape index (κ3) is 4.54. The van der Waals surface area contributed by atoms with Crippen LogP contribution in [0.2, 0.25) is 0 Å². The van der Waals surface area contributed by atoms with E-state index in [1.807, 2.05) is 31.2 Å². The first-order valence-corrected chi connectivity index (χ1v) is 5.85. The summed E-state index contributed by atoms with van der Waals surface area (Å²) in [5.41, 5.74) is 4.13. The Hall–Kier alpha value is -1.39. The number of amides is 1. The molecular weight excluding hydrogens is 216 g/mol. The van der Waals surface area contributed by atoms with Crippen LogP contribution in [-0.4, -0.2) is 12.0 Å². The number of rotatable bonds is 6. The molecule has 0 bridgehead atoms. The van der Waals surface area contributed by atoms with Crippen molar-refractivity contribution < 1.29 is 9.53 Å². The van der Waals surface area contributed by atoms with Gasteiger partial charge in [-0.05, 0) is 24.5 Å². The second-order valence-corrected chi connectivity index (χ2v) is 4.04. The fourth-order valence-corrected chi connectivity index (χ4v) is 1.44. The van der Waals surface area contributed by atoms with E-state index in [4.69, 9.17) is 10.6 Å². The van der Waals surface area contributed by atoms with Crippen LogP contribution in [0, 0.1) is 0 Å². The number of ether oxygens (including phenoxy) is 1. The number of nitrogens with two attached hydrogens (primary N) is 1. The van der Waals surface area contributed by atoms with Gasteiger partial charge >= 0.3 is 0 Å². The SMILES string of the molecule is CCC(C)OCc1ccccc1CC(=O)NN. The van der Waals surface area contributed by atoms with Gasteiger partial charge in [-0.2, -0.15) is 0 Å². The van der Waals surface area contributed by atoms with Crippen LogP contribution >= 0.6 is 0 Å². The monoisotopic (exact) mass is 236 g/mol. The van der Waals surface area contributed by atoms with Crippen LogP contribution in [-0.2, 0) is 22.6 Å². The van der Waals surface area contributed by atoms with Crippen LogP contribution in [0.5, 0.6) is 0 Å². The first-order valence-electron chi connectivity index (χ1n) is 5.85. The van der Waals surface area contributed by atoms with E-state index in [0.717, 1.165) is 17.5 Å². The molecule has 94 valence electrons. The summed E-state index contributed by atoms with van der Waals surface area (Å²) in [5, 5.41) is 0. The minimum Gasteiger partial charge on any atom is -0.374 e. The van der Waals surface area contributed by atoms with Gasteiger partial charge in [0.05, 0.1) is 19.1 Å². The molecule has 3 N–H and O–H groups in total. The van der Waals surface area contributed by atoms with Gasteiger partial charge in [-0.3, -0.25) is 10.2 Å². The number of hydrazine groups is 1. The van der Waals surface area contributed by atoms with Crippen LogP contribution in [0.3, 0.4) is 0 Å². The standard InChI is InChI=1S/C13H20N2O2/c1-3-10(2)17-9-12-7-5-4-6-11(12)8-13(16)15-14/h4-7,10H,3,8-9,14H2,1-2H3,(H,15,16). The van der Waals surface area contributed by atoms with Gasteiger partial charge in [0.15, 0.2) is 0 Å². The fraction of sp³-hybridized carbons (Fsp3) is 0.462. The molecule has 0 aliphatic rings. The molecule has 0 heterocycles. The molecule has 0 aliphatic carbocycles. The molecule has 0 aromatic heterocycles. The summed E-state index contributed by atoms with van der Waals surface area (Å²) in [7, 11) is 0. The Morgan fingerprint density at radius 2 is 2.06 bits per heavy atom. The second-order valence-electron chi connectivity index (χ2n) is 4.04. The molecule has 4 nitrogen and oxygen atoms in total. The quantitative estimate of drug-likeness (QED) is 0.447. The minimum atomic E-state index is -0.194. The Bertz CT molecular complexity index is 366. The highest BCUT2D eigenvalue weighted by molar-refractivity contribution is 5.78. The Morgan fingerprint density at radius 3 is 2.65 bits per heavy atom. The van der Waals surface area contributed by atoms with E-state index in [2.05, 4.69) is 12.3 Å². The molecule has 0 fully saturated rings. The predicted octanol–water partition coefficient (Wildman–Crippen LogP) is 1.53. The number of carbonyl (C=O) groups excluding carboxylic acids is 1. The van der Waals surface area contributed by atoms with Crippen LogP contribution in [0.4, 0.5) is 0 Å². The van der Waals surface area contributed by atoms with Gasteiger partial charge in [-0.25, -0.2) is 5.84 Å². The van der Waals surface area contributed by atoms with Gasteiger partial charge in [0.1, 0.15) is 0 Å². The lowest BCUT2D eigenvalue weighted by Crippen LogP contribution is -2.31. The largest absolute Gasteiger partial charge is 0.374 e. The molecule has 17 heavy (non-hydrogen) atoms. The molecule has 0 spiro atoms. The van der Waals surface area contributed by atoms with Crippen molar-refractivity contribution in [2.75, 3.05) is 0 Å². The Labute approximate surface area is 102 Å². The molecule has 1 aromatic rings. The van der Waals surface area contributed by atoms with Crippen molar-refractivity contribution in [3.8, 4) is 0 Å². The lowest BCUT2D eigenvalue weighted by Gasteiger charge is -2.13. The van der Waals surface area contributed by atoms with Crippen molar-refractivity contribution in [1.82, 2.24) is 5.43 Å². The summed E-state index contributed by atoms with van der Waals surface area (Å²) in [6.07, 6.45) is 1.49. The normalized spacial score (nSPS) is 12.2. The molecule has 1 atom stereocenters. The Kier molecular flexibility index (Phi) is 5.66. The second kappa shape index (κ2) is 7.04. The van der Waals surface area contributed by atoms with Crippen molar-refractivity contribution in [3.63, 3.8) is 0 Å². The van der Waals surface area contributed by atoms with E-state index in [-0.39, 0.29) is 18.4 Å². The lowest BCUT2D eigenvalue weighted by atomic mass is 10.0. The van der Waals surface area contributed by atoms with E-state index in [1.54, 1.807) is 0 Å².